The summed E-state index contributed by atoms with van der Waals surface area (Å²) < 4.78 is 1.76. The highest BCUT2D eigenvalue weighted by Crippen LogP contribution is 2.27. The van der Waals surface area contributed by atoms with Crippen molar-refractivity contribution in [3.8, 4) is 0 Å². The van der Waals surface area contributed by atoms with Crippen LogP contribution in [-0.2, 0) is 4.79 Å². The van der Waals surface area contributed by atoms with Crippen LogP contribution in [0.5, 0.6) is 0 Å². The Balaban J connectivity index is 2.89. The quantitative estimate of drug-likeness (QED) is 0.880. The number of rotatable bonds is 3. The largest absolute Gasteiger partial charge is 0.329 e. The molecule has 0 aromatic heterocycles. The van der Waals surface area contributed by atoms with Crippen molar-refractivity contribution in [2.75, 3.05) is 11.9 Å². The number of carbonyl (C=O) groups is 1. The average molecular weight is 350 g/mol. The fraction of sp³-hybridized carbons (Fsp3) is 0.364. The molecule has 5 heteroatoms. The van der Waals surface area contributed by atoms with Gasteiger partial charge >= 0.3 is 0 Å². The number of hydrogen-bond acceptors (Lipinski definition) is 2. The van der Waals surface area contributed by atoms with E-state index >= 15 is 0 Å². The molecule has 0 aliphatic rings. The van der Waals surface area contributed by atoms with E-state index < -0.39 is 5.41 Å². The number of anilines is 1. The lowest BCUT2D eigenvalue weighted by Crippen LogP contribution is -2.37. The van der Waals surface area contributed by atoms with Crippen LogP contribution < -0.4 is 11.1 Å². The Labute approximate surface area is 112 Å². The van der Waals surface area contributed by atoms with Gasteiger partial charge in [-0.05, 0) is 48.0 Å². The third-order valence-electron chi connectivity index (χ3n) is 2.30. The van der Waals surface area contributed by atoms with Crippen molar-refractivity contribution in [2.24, 2.45) is 11.1 Å². The van der Waals surface area contributed by atoms with E-state index in [0.29, 0.717) is 6.54 Å². The first-order chi connectivity index (χ1) is 7.36. The molecule has 0 unspecified atom stereocenters. The Morgan fingerprint density at radius 1 is 1.44 bits per heavy atom. The molecule has 0 saturated heterocycles. The van der Waals surface area contributed by atoms with Gasteiger partial charge in [0.05, 0.1) is 11.1 Å². The minimum Gasteiger partial charge on any atom is -0.329 e. The van der Waals surface area contributed by atoms with E-state index in [-0.39, 0.29) is 5.91 Å². The zero-order chi connectivity index (χ0) is 12.3. The molecule has 0 atom stereocenters. The van der Waals surface area contributed by atoms with Crippen molar-refractivity contribution in [2.45, 2.75) is 13.8 Å². The summed E-state index contributed by atoms with van der Waals surface area (Å²) in [5.41, 5.74) is 5.72. The van der Waals surface area contributed by atoms with Crippen LogP contribution in [0.1, 0.15) is 13.8 Å². The number of nitrogens with one attached hydrogen (secondary N) is 1. The van der Waals surface area contributed by atoms with Gasteiger partial charge in [-0.3, -0.25) is 4.79 Å². The highest BCUT2D eigenvalue weighted by molar-refractivity contribution is 9.11. The van der Waals surface area contributed by atoms with Gasteiger partial charge in [0.2, 0.25) is 5.91 Å². The van der Waals surface area contributed by atoms with E-state index in [4.69, 9.17) is 5.73 Å². The molecule has 0 spiro atoms. The molecular formula is C11H14Br2N2O. The Hall–Kier alpha value is -0.390. The molecule has 3 nitrogen and oxygen atoms in total. The highest BCUT2D eigenvalue weighted by atomic mass is 79.9. The normalized spacial score (nSPS) is 11.3. The van der Waals surface area contributed by atoms with Gasteiger partial charge in [-0.25, -0.2) is 0 Å². The summed E-state index contributed by atoms with van der Waals surface area (Å²) in [4.78, 5) is 11.9. The van der Waals surface area contributed by atoms with E-state index in [0.717, 1.165) is 14.6 Å². The Morgan fingerprint density at radius 3 is 2.62 bits per heavy atom. The van der Waals surface area contributed by atoms with Crippen LogP contribution in [0.25, 0.3) is 0 Å². The summed E-state index contributed by atoms with van der Waals surface area (Å²) in [6, 6.07) is 5.61. The van der Waals surface area contributed by atoms with Gasteiger partial charge in [-0.15, -0.1) is 0 Å². The molecule has 0 heterocycles. The number of benzene rings is 1. The second-order valence-electron chi connectivity index (χ2n) is 4.17. The van der Waals surface area contributed by atoms with Crippen molar-refractivity contribution < 1.29 is 4.79 Å². The first kappa shape index (κ1) is 13.7. The Kier molecular flexibility index (Phi) is 4.52. The first-order valence-corrected chi connectivity index (χ1v) is 6.42. The third-order valence-corrected chi connectivity index (χ3v) is 3.49. The summed E-state index contributed by atoms with van der Waals surface area (Å²) in [6.45, 7) is 3.94. The molecule has 0 radical (unpaired) electrons. The molecule has 1 aromatic carbocycles. The molecule has 0 aliphatic carbocycles. The molecule has 88 valence electrons. The van der Waals surface area contributed by atoms with Gasteiger partial charge in [0.1, 0.15) is 0 Å². The van der Waals surface area contributed by atoms with Crippen molar-refractivity contribution in [1.29, 1.82) is 0 Å². The summed E-state index contributed by atoms with van der Waals surface area (Å²) in [6.07, 6.45) is 0. The van der Waals surface area contributed by atoms with E-state index in [1.54, 1.807) is 0 Å². The molecule has 1 aromatic rings. The molecule has 1 amide bonds. The van der Waals surface area contributed by atoms with Crippen LogP contribution >= 0.6 is 31.9 Å². The van der Waals surface area contributed by atoms with Crippen LogP contribution in [0, 0.1) is 5.41 Å². The van der Waals surface area contributed by atoms with Crippen LogP contribution in [0.2, 0.25) is 0 Å². The second-order valence-corrected chi connectivity index (χ2v) is 5.94. The average Bonchev–Trinajstić information content (AvgIpc) is 2.23. The SMILES string of the molecule is CC(C)(CN)C(=O)Nc1cc(Br)ccc1Br. The summed E-state index contributed by atoms with van der Waals surface area (Å²) >= 11 is 6.74. The molecule has 1 rings (SSSR count). The number of nitrogens with two attached hydrogens (primary N) is 1. The standard InChI is InChI=1S/C11H14Br2N2O/c1-11(2,6-14)10(16)15-9-5-7(12)3-4-8(9)13/h3-5H,6,14H2,1-2H3,(H,15,16). The van der Waals surface area contributed by atoms with Gasteiger partial charge in [-0.1, -0.05) is 15.9 Å². The van der Waals surface area contributed by atoms with E-state index in [2.05, 4.69) is 37.2 Å². The van der Waals surface area contributed by atoms with E-state index in [1.807, 2.05) is 32.0 Å². The smallest absolute Gasteiger partial charge is 0.231 e. The molecule has 3 N–H and O–H groups in total. The molecule has 16 heavy (non-hydrogen) atoms. The summed E-state index contributed by atoms with van der Waals surface area (Å²) in [7, 11) is 0. The van der Waals surface area contributed by atoms with Crippen LogP contribution in [0.15, 0.2) is 27.1 Å². The lowest BCUT2D eigenvalue weighted by molar-refractivity contribution is -0.123. The number of halogens is 2. The van der Waals surface area contributed by atoms with Gasteiger partial charge in [0.25, 0.3) is 0 Å². The van der Waals surface area contributed by atoms with Gasteiger partial charge < -0.3 is 11.1 Å². The number of hydrogen-bond donors (Lipinski definition) is 2. The first-order valence-electron chi connectivity index (χ1n) is 4.83. The lowest BCUT2D eigenvalue weighted by atomic mass is 9.92. The van der Waals surface area contributed by atoms with Crippen molar-refractivity contribution in [3.05, 3.63) is 27.1 Å². The Bertz CT molecular complexity index is 405. The zero-order valence-electron chi connectivity index (χ0n) is 9.18. The maximum Gasteiger partial charge on any atom is 0.231 e. The fourth-order valence-corrected chi connectivity index (χ4v) is 1.68. The monoisotopic (exact) mass is 348 g/mol. The maximum atomic E-state index is 11.9. The van der Waals surface area contributed by atoms with Crippen LogP contribution in [0.4, 0.5) is 5.69 Å². The summed E-state index contributed by atoms with van der Waals surface area (Å²) in [5.74, 6) is -0.0891. The minimum absolute atomic E-state index is 0.0891. The van der Waals surface area contributed by atoms with Crippen molar-refractivity contribution >= 4 is 43.5 Å². The number of carbonyl (C=O) groups excluding carboxylic acids is 1. The van der Waals surface area contributed by atoms with E-state index in [9.17, 15) is 4.79 Å². The highest BCUT2D eigenvalue weighted by Gasteiger charge is 2.26. The zero-order valence-corrected chi connectivity index (χ0v) is 12.4. The number of amides is 1. The van der Waals surface area contributed by atoms with E-state index in [1.165, 1.54) is 0 Å². The predicted molar refractivity (Wildman–Crippen MR) is 73.3 cm³/mol. The van der Waals surface area contributed by atoms with Gasteiger partial charge in [0, 0.05) is 15.5 Å². The van der Waals surface area contributed by atoms with Gasteiger partial charge in [-0.2, -0.15) is 0 Å². The second kappa shape index (κ2) is 5.29. The predicted octanol–water partition coefficient (Wildman–Crippen LogP) is 3.14. The van der Waals surface area contributed by atoms with Crippen LogP contribution in [0.3, 0.4) is 0 Å². The third kappa shape index (κ3) is 3.30. The maximum absolute atomic E-state index is 11.9. The van der Waals surface area contributed by atoms with Crippen LogP contribution in [-0.4, -0.2) is 12.5 Å². The van der Waals surface area contributed by atoms with Crippen molar-refractivity contribution in [1.82, 2.24) is 0 Å². The molecular weight excluding hydrogens is 336 g/mol. The Morgan fingerprint density at radius 2 is 2.06 bits per heavy atom. The lowest BCUT2D eigenvalue weighted by Gasteiger charge is -2.21. The molecule has 0 bridgehead atoms. The summed E-state index contributed by atoms with van der Waals surface area (Å²) in [5, 5.41) is 2.85. The topological polar surface area (TPSA) is 55.1 Å². The molecule has 0 fully saturated rings. The minimum atomic E-state index is -0.568. The fourth-order valence-electron chi connectivity index (χ4n) is 0.977. The molecule has 0 saturated carbocycles. The molecule has 0 aliphatic heterocycles. The van der Waals surface area contributed by atoms with Crippen molar-refractivity contribution in [3.63, 3.8) is 0 Å². The van der Waals surface area contributed by atoms with Gasteiger partial charge in [0.15, 0.2) is 0 Å².